The number of nitrogens with zero attached hydrogens (tertiary/aromatic N) is 1. The van der Waals surface area contributed by atoms with Crippen LogP contribution in [0.4, 0.5) is 4.79 Å². The Bertz CT molecular complexity index is 646. The van der Waals surface area contributed by atoms with Crippen LogP contribution in [-0.4, -0.2) is 46.9 Å². The standard InChI is InChI=1S/C24H39NO5/c1-23(2,3)21(27)29-17-11-10-14-20(26)15-16-25(22(28)30-24(4,5)6)18-19-12-8-7-9-13-19/h7-9,12-13,20,26H,10-11,14-18H2,1-6H3/t20-/m0/s1. The van der Waals surface area contributed by atoms with Gasteiger partial charge in [0.25, 0.3) is 0 Å². The number of aliphatic hydroxyl groups is 1. The summed E-state index contributed by atoms with van der Waals surface area (Å²) in [6.07, 6.45) is 1.62. The van der Waals surface area contributed by atoms with Crippen LogP contribution < -0.4 is 0 Å². The molecule has 1 aromatic carbocycles. The molecule has 0 aliphatic carbocycles. The zero-order valence-electron chi connectivity index (χ0n) is 19.4. The van der Waals surface area contributed by atoms with Crippen molar-refractivity contribution in [2.45, 2.75) is 85.5 Å². The monoisotopic (exact) mass is 421 g/mol. The maximum Gasteiger partial charge on any atom is 0.410 e. The second-order valence-electron chi connectivity index (χ2n) is 9.71. The van der Waals surface area contributed by atoms with Gasteiger partial charge in [0.1, 0.15) is 5.60 Å². The first-order chi connectivity index (χ1) is 13.9. The zero-order chi connectivity index (χ0) is 22.8. The summed E-state index contributed by atoms with van der Waals surface area (Å²) in [5.74, 6) is -0.211. The van der Waals surface area contributed by atoms with E-state index in [1.807, 2.05) is 71.9 Å². The van der Waals surface area contributed by atoms with Crippen molar-refractivity contribution in [2.75, 3.05) is 13.2 Å². The van der Waals surface area contributed by atoms with E-state index in [0.29, 0.717) is 39.0 Å². The van der Waals surface area contributed by atoms with Crippen molar-refractivity contribution >= 4 is 12.1 Å². The molecule has 0 saturated heterocycles. The number of carbonyl (C=O) groups is 2. The second-order valence-corrected chi connectivity index (χ2v) is 9.71. The highest BCUT2D eigenvalue weighted by atomic mass is 16.6. The number of carbonyl (C=O) groups excluding carboxylic acids is 2. The van der Waals surface area contributed by atoms with Crippen molar-refractivity contribution in [3.05, 3.63) is 35.9 Å². The van der Waals surface area contributed by atoms with Gasteiger partial charge in [-0.2, -0.15) is 0 Å². The van der Waals surface area contributed by atoms with E-state index >= 15 is 0 Å². The molecule has 0 aliphatic heterocycles. The first-order valence-electron chi connectivity index (χ1n) is 10.8. The number of rotatable bonds is 10. The van der Waals surface area contributed by atoms with Crippen LogP contribution in [0.25, 0.3) is 0 Å². The van der Waals surface area contributed by atoms with Crippen LogP contribution in [0.1, 0.15) is 72.8 Å². The van der Waals surface area contributed by atoms with Crippen LogP contribution >= 0.6 is 0 Å². The largest absolute Gasteiger partial charge is 0.465 e. The van der Waals surface area contributed by atoms with Crippen LogP contribution in [0.3, 0.4) is 0 Å². The SMILES string of the molecule is CC(C)(C)OC(=O)N(CC[C@@H](O)CCCCOC(=O)C(C)(C)C)Cc1ccccc1. The quantitative estimate of drug-likeness (QED) is 0.428. The van der Waals surface area contributed by atoms with Crippen LogP contribution in [0.5, 0.6) is 0 Å². The van der Waals surface area contributed by atoms with E-state index in [9.17, 15) is 14.7 Å². The molecule has 0 radical (unpaired) electrons. The summed E-state index contributed by atoms with van der Waals surface area (Å²) in [5.41, 5.74) is -0.0584. The van der Waals surface area contributed by atoms with Crippen molar-refractivity contribution in [1.82, 2.24) is 4.90 Å². The minimum atomic E-state index is -0.574. The number of hydrogen-bond donors (Lipinski definition) is 1. The molecule has 1 atom stereocenters. The highest BCUT2D eigenvalue weighted by Gasteiger charge is 2.24. The summed E-state index contributed by atoms with van der Waals surface area (Å²) in [6, 6.07) is 9.73. The number of aliphatic hydroxyl groups excluding tert-OH is 1. The molecular weight excluding hydrogens is 382 g/mol. The molecule has 0 fully saturated rings. The third-order valence-corrected chi connectivity index (χ3v) is 4.38. The lowest BCUT2D eigenvalue weighted by Crippen LogP contribution is -2.38. The van der Waals surface area contributed by atoms with Crippen LogP contribution in [0.15, 0.2) is 30.3 Å². The zero-order valence-corrected chi connectivity index (χ0v) is 19.4. The van der Waals surface area contributed by atoms with Gasteiger partial charge in [-0.25, -0.2) is 4.79 Å². The Morgan fingerprint density at radius 2 is 1.63 bits per heavy atom. The van der Waals surface area contributed by atoms with Gasteiger partial charge in [-0.1, -0.05) is 30.3 Å². The first-order valence-corrected chi connectivity index (χ1v) is 10.8. The van der Waals surface area contributed by atoms with Crippen molar-refractivity contribution < 1.29 is 24.2 Å². The van der Waals surface area contributed by atoms with E-state index in [1.165, 1.54) is 0 Å². The second kappa shape index (κ2) is 11.9. The Kier molecular flexibility index (Phi) is 10.3. The van der Waals surface area contributed by atoms with E-state index in [1.54, 1.807) is 4.90 Å². The van der Waals surface area contributed by atoms with Gasteiger partial charge in [-0.3, -0.25) is 4.79 Å². The Morgan fingerprint density at radius 1 is 1.00 bits per heavy atom. The van der Waals surface area contributed by atoms with E-state index in [0.717, 1.165) is 12.0 Å². The molecule has 0 saturated carbocycles. The van der Waals surface area contributed by atoms with Gasteiger partial charge in [0.15, 0.2) is 0 Å². The smallest absolute Gasteiger partial charge is 0.410 e. The van der Waals surface area contributed by atoms with Gasteiger partial charge in [-0.05, 0) is 72.8 Å². The molecule has 0 unspecified atom stereocenters. The molecule has 6 heteroatoms. The number of hydrogen-bond acceptors (Lipinski definition) is 5. The minimum absolute atomic E-state index is 0.211. The van der Waals surface area contributed by atoms with E-state index in [-0.39, 0.29) is 12.1 Å². The third-order valence-electron chi connectivity index (χ3n) is 4.38. The molecule has 0 heterocycles. The van der Waals surface area contributed by atoms with E-state index < -0.39 is 17.1 Å². The van der Waals surface area contributed by atoms with E-state index in [2.05, 4.69) is 0 Å². The summed E-state index contributed by atoms with van der Waals surface area (Å²) in [7, 11) is 0. The lowest BCUT2D eigenvalue weighted by molar-refractivity contribution is -0.153. The Morgan fingerprint density at radius 3 is 2.20 bits per heavy atom. The number of esters is 1. The van der Waals surface area contributed by atoms with Crippen LogP contribution in [-0.2, 0) is 20.8 Å². The molecule has 30 heavy (non-hydrogen) atoms. The van der Waals surface area contributed by atoms with Gasteiger partial charge in [-0.15, -0.1) is 0 Å². The first kappa shape index (κ1) is 26.0. The van der Waals surface area contributed by atoms with Crippen molar-refractivity contribution in [3.63, 3.8) is 0 Å². The van der Waals surface area contributed by atoms with Gasteiger partial charge >= 0.3 is 12.1 Å². The van der Waals surface area contributed by atoms with Gasteiger partial charge in [0.05, 0.1) is 18.1 Å². The van der Waals surface area contributed by atoms with Gasteiger partial charge < -0.3 is 19.5 Å². The summed E-state index contributed by atoms with van der Waals surface area (Å²) >= 11 is 0. The Labute approximate surface area is 181 Å². The lowest BCUT2D eigenvalue weighted by Gasteiger charge is -2.28. The predicted molar refractivity (Wildman–Crippen MR) is 118 cm³/mol. The molecule has 0 spiro atoms. The highest BCUT2D eigenvalue weighted by Crippen LogP contribution is 2.17. The molecule has 170 valence electrons. The van der Waals surface area contributed by atoms with Crippen LogP contribution in [0.2, 0.25) is 0 Å². The van der Waals surface area contributed by atoms with Crippen molar-refractivity contribution in [1.29, 1.82) is 0 Å². The topological polar surface area (TPSA) is 76.1 Å². The molecule has 1 amide bonds. The number of ether oxygens (including phenoxy) is 2. The maximum atomic E-state index is 12.6. The molecular formula is C24H39NO5. The highest BCUT2D eigenvalue weighted by molar-refractivity contribution is 5.75. The summed E-state index contributed by atoms with van der Waals surface area (Å²) in [5, 5.41) is 10.3. The predicted octanol–water partition coefficient (Wildman–Crippen LogP) is 4.93. The van der Waals surface area contributed by atoms with Gasteiger partial charge in [0, 0.05) is 13.1 Å². The fraction of sp³-hybridized carbons (Fsp3) is 0.667. The normalized spacial score (nSPS) is 12.9. The average Bonchev–Trinajstić information content (AvgIpc) is 2.63. The summed E-state index contributed by atoms with van der Waals surface area (Å²) < 4.78 is 10.8. The molecule has 0 aromatic heterocycles. The van der Waals surface area contributed by atoms with Gasteiger partial charge in [0.2, 0.25) is 0 Å². The van der Waals surface area contributed by atoms with Crippen molar-refractivity contribution in [3.8, 4) is 0 Å². The molecule has 1 aromatic rings. The third kappa shape index (κ3) is 11.2. The Hall–Kier alpha value is -2.08. The molecule has 0 bridgehead atoms. The Balaban J connectivity index is 2.45. The minimum Gasteiger partial charge on any atom is -0.465 e. The fourth-order valence-electron chi connectivity index (χ4n) is 2.68. The lowest BCUT2D eigenvalue weighted by atomic mass is 9.97. The molecule has 0 aliphatic rings. The summed E-state index contributed by atoms with van der Waals surface area (Å²) in [4.78, 5) is 26.0. The van der Waals surface area contributed by atoms with Crippen molar-refractivity contribution in [2.24, 2.45) is 5.41 Å². The molecule has 6 nitrogen and oxygen atoms in total. The number of benzene rings is 1. The number of amides is 1. The summed E-state index contributed by atoms with van der Waals surface area (Å²) in [6.45, 7) is 12.2. The maximum absolute atomic E-state index is 12.6. The fourth-order valence-corrected chi connectivity index (χ4v) is 2.68. The average molecular weight is 422 g/mol. The molecule has 1 N–H and O–H groups in total. The molecule has 1 rings (SSSR count). The van der Waals surface area contributed by atoms with Crippen LogP contribution in [0, 0.1) is 5.41 Å². The van der Waals surface area contributed by atoms with E-state index in [4.69, 9.17) is 9.47 Å². The number of unbranched alkanes of at least 4 members (excludes halogenated alkanes) is 1.